The summed E-state index contributed by atoms with van der Waals surface area (Å²) < 4.78 is 33.6. The average molecular weight is 426 g/mol. The van der Waals surface area contributed by atoms with Gasteiger partial charge < -0.3 is 14.6 Å². The van der Waals surface area contributed by atoms with E-state index in [1.54, 1.807) is 42.4 Å². The molecule has 2 atom stereocenters. The number of hydrogen-bond donors (Lipinski definition) is 1. The first-order chi connectivity index (χ1) is 14.4. The first-order valence-corrected chi connectivity index (χ1v) is 11.3. The fourth-order valence-corrected chi connectivity index (χ4v) is 5.65. The summed E-state index contributed by atoms with van der Waals surface area (Å²) in [4.78, 5) is 21.4. The molecule has 2 saturated heterocycles. The van der Waals surface area contributed by atoms with Gasteiger partial charge in [-0.05, 0) is 29.8 Å². The van der Waals surface area contributed by atoms with Crippen LogP contribution in [0.4, 0.5) is 0 Å². The molecule has 2 aliphatic heterocycles. The molecule has 1 amide bonds. The van der Waals surface area contributed by atoms with E-state index in [4.69, 9.17) is 4.74 Å². The highest BCUT2D eigenvalue weighted by Crippen LogP contribution is 2.29. The molecular weight excluding hydrogens is 404 g/mol. The Hall–Kier alpha value is -2.75. The summed E-state index contributed by atoms with van der Waals surface area (Å²) in [6.07, 6.45) is 3.64. The van der Waals surface area contributed by atoms with Crippen LogP contribution in [0.25, 0.3) is 22.2 Å². The van der Waals surface area contributed by atoms with E-state index >= 15 is 0 Å². The fourth-order valence-electron chi connectivity index (χ4n) is 4.18. The van der Waals surface area contributed by atoms with Crippen molar-refractivity contribution >= 4 is 27.0 Å². The third-order valence-corrected chi connectivity index (χ3v) is 7.81. The second kappa shape index (κ2) is 7.19. The first-order valence-electron chi connectivity index (χ1n) is 9.84. The number of ether oxygens (including phenoxy) is 1. The molecule has 8 nitrogen and oxygen atoms in total. The van der Waals surface area contributed by atoms with Gasteiger partial charge in [0.15, 0.2) is 0 Å². The number of nitrogens with zero attached hydrogens (tertiary/aromatic N) is 3. The van der Waals surface area contributed by atoms with Crippen LogP contribution in [0.15, 0.2) is 53.7 Å². The highest BCUT2D eigenvalue weighted by Gasteiger charge is 2.44. The van der Waals surface area contributed by atoms with Gasteiger partial charge >= 0.3 is 0 Å². The number of aromatic amines is 1. The van der Waals surface area contributed by atoms with Crippen molar-refractivity contribution in [3.63, 3.8) is 0 Å². The molecule has 5 rings (SSSR count). The molecule has 9 heteroatoms. The van der Waals surface area contributed by atoms with E-state index in [0.717, 1.165) is 22.2 Å². The molecule has 156 valence electrons. The van der Waals surface area contributed by atoms with Crippen LogP contribution in [0.5, 0.6) is 0 Å². The van der Waals surface area contributed by atoms with Crippen LogP contribution in [0, 0.1) is 0 Å². The van der Waals surface area contributed by atoms with Crippen LogP contribution in [0.1, 0.15) is 6.42 Å². The van der Waals surface area contributed by atoms with Gasteiger partial charge in [0.25, 0.3) is 0 Å². The number of rotatable bonds is 3. The predicted molar refractivity (Wildman–Crippen MR) is 111 cm³/mol. The Kier molecular flexibility index (Phi) is 4.61. The predicted octanol–water partition coefficient (Wildman–Crippen LogP) is 1.85. The molecule has 0 unspecified atom stereocenters. The van der Waals surface area contributed by atoms with Crippen molar-refractivity contribution in [2.45, 2.75) is 23.5 Å². The SMILES string of the molecule is CN1C(=O)CCO[C@H]2CN(S(=O)(=O)c3ccc(-c4cnc5[nH]ccc5c4)cc3)C[C@@H]21. The van der Waals surface area contributed by atoms with E-state index in [1.165, 1.54) is 4.31 Å². The van der Waals surface area contributed by atoms with E-state index < -0.39 is 10.0 Å². The lowest BCUT2D eigenvalue weighted by Crippen LogP contribution is -2.43. The Labute approximate surface area is 174 Å². The molecule has 0 bridgehead atoms. The second-order valence-corrected chi connectivity index (χ2v) is 9.66. The van der Waals surface area contributed by atoms with E-state index in [9.17, 15) is 13.2 Å². The van der Waals surface area contributed by atoms with Crippen molar-refractivity contribution in [1.29, 1.82) is 0 Å². The zero-order valence-corrected chi connectivity index (χ0v) is 17.3. The number of nitrogens with one attached hydrogen (secondary N) is 1. The standard InChI is InChI=1S/C21H22N4O4S/c1-24-18-12-25(13-19(18)29-9-7-20(24)26)30(27,28)17-4-2-14(3-5-17)16-10-15-6-8-22-21(15)23-11-16/h2-6,8,10-11,18-19H,7,9,12-13H2,1H3,(H,22,23)/t18-,19-/m0/s1. The quantitative estimate of drug-likeness (QED) is 0.690. The zero-order chi connectivity index (χ0) is 20.9. The molecule has 1 N–H and O–H groups in total. The summed E-state index contributed by atoms with van der Waals surface area (Å²) >= 11 is 0. The lowest BCUT2D eigenvalue weighted by Gasteiger charge is -2.25. The minimum atomic E-state index is -3.68. The summed E-state index contributed by atoms with van der Waals surface area (Å²) in [7, 11) is -1.96. The summed E-state index contributed by atoms with van der Waals surface area (Å²) in [5, 5.41) is 0.999. The third kappa shape index (κ3) is 3.19. The lowest BCUT2D eigenvalue weighted by atomic mass is 10.1. The smallest absolute Gasteiger partial charge is 0.243 e. The summed E-state index contributed by atoms with van der Waals surface area (Å²) in [5.74, 6) is -0.0147. The number of hydrogen-bond acceptors (Lipinski definition) is 5. The summed E-state index contributed by atoms with van der Waals surface area (Å²) in [6, 6.07) is 10.5. The number of aromatic nitrogens is 2. The average Bonchev–Trinajstić information content (AvgIpc) is 3.37. The Morgan fingerprint density at radius 1 is 1.13 bits per heavy atom. The fraction of sp³-hybridized carbons (Fsp3) is 0.333. The molecule has 4 heterocycles. The number of carbonyl (C=O) groups excluding carboxylic acids is 1. The largest absolute Gasteiger partial charge is 0.374 e. The first kappa shape index (κ1) is 19.2. The monoisotopic (exact) mass is 426 g/mol. The van der Waals surface area contributed by atoms with Crippen LogP contribution >= 0.6 is 0 Å². The van der Waals surface area contributed by atoms with Gasteiger partial charge in [-0.3, -0.25) is 4.79 Å². The van der Waals surface area contributed by atoms with Crippen molar-refractivity contribution < 1.29 is 17.9 Å². The van der Waals surface area contributed by atoms with Crippen molar-refractivity contribution in [2.75, 3.05) is 26.7 Å². The number of benzene rings is 1. The number of H-pyrrole nitrogens is 1. The molecule has 0 spiro atoms. The van der Waals surface area contributed by atoms with E-state index in [-0.39, 0.29) is 36.0 Å². The van der Waals surface area contributed by atoms with Gasteiger partial charge in [0.1, 0.15) is 5.65 Å². The molecule has 0 saturated carbocycles. The van der Waals surface area contributed by atoms with Crippen LogP contribution in [-0.2, 0) is 19.6 Å². The Morgan fingerprint density at radius 3 is 2.73 bits per heavy atom. The van der Waals surface area contributed by atoms with Gasteiger partial charge in [-0.1, -0.05) is 12.1 Å². The number of pyridine rings is 1. The second-order valence-electron chi connectivity index (χ2n) is 7.72. The van der Waals surface area contributed by atoms with Gasteiger partial charge in [0.2, 0.25) is 15.9 Å². The van der Waals surface area contributed by atoms with Crippen molar-refractivity contribution in [1.82, 2.24) is 19.2 Å². The highest BCUT2D eigenvalue weighted by atomic mass is 32.2. The maximum atomic E-state index is 13.2. The lowest BCUT2D eigenvalue weighted by molar-refractivity contribution is -0.130. The van der Waals surface area contributed by atoms with Gasteiger partial charge in [-0.15, -0.1) is 0 Å². The van der Waals surface area contributed by atoms with Gasteiger partial charge in [0.05, 0.1) is 30.1 Å². The maximum absolute atomic E-state index is 13.2. The van der Waals surface area contributed by atoms with Crippen molar-refractivity contribution in [3.05, 3.63) is 48.8 Å². The molecule has 2 aliphatic rings. The van der Waals surface area contributed by atoms with Crippen LogP contribution in [0.3, 0.4) is 0 Å². The summed E-state index contributed by atoms with van der Waals surface area (Å²) in [6.45, 7) is 0.817. The normalized spacial score (nSPS) is 23.0. The number of likely N-dealkylation sites (N-methyl/N-ethyl adjacent to an activating group) is 1. The molecule has 0 radical (unpaired) electrons. The Balaban J connectivity index is 1.39. The maximum Gasteiger partial charge on any atom is 0.243 e. The van der Waals surface area contributed by atoms with Crippen molar-refractivity contribution in [2.24, 2.45) is 0 Å². The van der Waals surface area contributed by atoms with Crippen LogP contribution in [-0.4, -0.2) is 72.4 Å². The molecule has 0 aliphatic carbocycles. The van der Waals surface area contributed by atoms with E-state index in [0.29, 0.717) is 13.0 Å². The molecule has 2 fully saturated rings. The molecule has 2 aromatic heterocycles. The van der Waals surface area contributed by atoms with Gasteiger partial charge in [-0.2, -0.15) is 4.31 Å². The zero-order valence-electron chi connectivity index (χ0n) is 16.5. The van der Waals surface area contributed by atoms with Crippen LogP contribution in [0.2, 0.25) is 0 Å². The minimum absolute atomic E-state index is 0.0147. The van der Waals surface area contributed by atoms with Gasteiger partial charge in [-0.25, -0.2) is 13.4 Å². The summed E-state index contributed by atoms with van der Waals surface area (Å²) in [5.41, 5.74) is 2.63. The molecule has 30 heavy (non-hydrogen) atoms. The van der Waals surface area contributed by atoms with E-state index in [2.05, 4.69) is 9.97 Å². The van der Waals surface area contributed by atoms with Crippen LogP contribution < -0.4 is 0 Å². The molecule has 1 aromatic carbocycles. The topological polar surface area (TPSA) is 95.6 Å². The van der Waals surface area contributed by atoms with E-state index in [1.807, 2.05) is 18.3 Å². The highest BCUT2D eigenvalue weighted by molar-refractivity contribution is 7.89. The molecular formula is C21H22N4O4S. The number of sulfonamides is 1. The number of carbonyl (C=O) groups is 1. The Morgan fingerprint density at radius 2 is 1.93 bits per heavy atom. The Bertz CT molecular complexity index is 1210. The van der Waals surface area contributed by atoms with Crippen molar-refractivity contribution in [3.8, 4) is 11.1 Å². The van der Waals surface area contributed by atoms with Gasteiger partial charge in [0, 0.05) is 43.5 Å². The molecule has 3 aromatic rings. The minimum Gasteiger partial charge on any atom is -0.374 e. The number of amides is 1. The number of fused-ring (bicyclic) bond motifs is 2. The third-order valence-electron chi connectivity index (χ3n) is 5.97.